The van der Waals surface area contributed by atoms with Crippen LogP contribution in [0.2, 0.25) is 5.02 Å². The number of benzene rings is 1. The zero-order chi connectivity index (χ0) is 13.7. The Balaban J connectivity index is 1.94. The van der Waals surface area contributed by atoms with Crippen LogP contribution >= 0.6 is 11.6 Å². The van der Waals surface area contributed by atoms with Gasteiger partial charge in [-0.2, -0.15) is 0 Å². The van der Waals surface area contributed by atoms with Gasteiger partial charge in [-0.3, -0.25) is 4.79 Å². The highest BCUT2D eigenvalue weighted by Crippen LogP contribution is 2.24. The highest BCUT2D eigenvalue weighted by atomic mass is 35.5. The summed E-state index contributed by atoms with van der Waals surface area (Å²) in [5.41, 5.74) is 0.875. The van der Waals surface area contributed by atoms with Gasteiger partial charge in [0.25, 0.3) is 0 Å². The molecule has 0 saturated heterocycles. The van der Waals surface area contributed by atoms with Crippen molar-refractivity contribution in [2.75, 3.05) is 7.11 Å². The second-order valence-electron chi connectivity index (χ2n) is 5.04. The van der Waals surface area contributed by atoms with E-state index in [1.165, 1.54) is 19.3 Å². The van der Waals surface area contributed by atoms with E-state index in [1.54, 1.807) is 19.2 Å². The molecule has 4 heteroatoms. The van der Waals surface area contributed by atoms with Gasteiger partial charge in [0.1, 0.15) is 5.75 Å². The van der Waals surface area contributed by atoms with Crippen LogP contribution in [0.15, 0.2) is 18.2 Å². The molecule has 0 aliphatic heterocycles. The molecule has 1 aliphatic carbocycles. The van der Waals surface area contributed by atoms with Gasteiger partial charge in [-0.15, -0.1) is 0 Å². The number of hydrogen-bond acceptors (Lipinski definition) is 2. The number of ether oxygens (including phenoxy) is 1. The topological polar surface area (TPSA) is 38.3 Å². The Labute approximate surface area is 119 Å². The van der Waals surface area contributed by atoms with Crippen molar-refractivity contribution < 1.29 is 9.53 Å². The van der Waals surface area contributed by atoms with Crippen LogP contribution in [0.3, 0.4) is 0 Å². The van der Waals surface area contributed by atoms with Gasteiger partial charge in [0.15, 0.2) is 0 Å². The lowest BCUT2D eigenvalue weighted by atomic mass is 9.95. The fourth-order valence-electron chi connectivity index (χ4n) is 2.56. The van der Waals surface area contributed by atoms with Gasteiger partial charge in [0, 0.05) is 16.6 Å². The minimum atomic E-state index is 0.0625. The largest absolute Gasteiger partial charge is 0.496 e. The summed E-state index contributed by atoms with van der Waals surface area (Å²) in [6.45, 7) is 0. The molecule has 104 valence electrons. The molecule has 0 bridgehead atoms. The predicted octanol–water partition coefficient (Wildman–Crippen LogP) is 3.34. The first-order chi connectivity index (χ1) is 9.19. The third-order valence-corrected chi connectivity index (χ3v) is 3.81. The number of nitrogens with one attached hydrogen (secondary N) is 1. The molecule has 0 heterocycles. The predicted molar refractivity (Wildman–Crippen MR) is 76.7 cm³/mol. The first-order valence-corrected chi connectivity index (χ1v) is 7.18. The van der Waals surface area contributed by atoms with E-state index >= 15 is 0 Å². The zero-order valence-corrected chi connectivity index (χ0v) is 12.0. The number of rotatable bonds is 4. The van der Waals surface area contributed by atoms with E-state index in [0.717, 1.165) is 18.4 Å². The van der Waals surface area contributed by atoms with Gasteiger partial charge >= 0.3 is 0 Å². The van der Waals surface area contributed by atoms with Crippen molar-refractivity contribution in [1.29, 1.82) is 0 Å². The summed E-state index contributed by atoms with van der Waals surface area (Å²) >= 11 is 5.91. The van der Waals surface area contributed by atoms with E-state index in [2.05, 4.69) is 5.32 Å². The summed E-state index contributed by atoms with van der Waals surface area (Å²) in [4.78, 5) is 12.0. The number of amides is 1. The van der Waals surface area contributed by atoms with E-state index in [0.29, 0.717) is 23.2 Å². The van der Waals surface area contributed by atoms with Crippen molar-refractivity contribution in [2.45, 2.75) is 44.6 Å². The molecular weight excluding hydrogens is 262 g/mol. The Morgan fingerprint density at radius 2 is 2.11 bits per heavy atom. The fourth-order valence-corrected chi connectivity index (χ4v) is 2.73. The van der Waals surface area contributed by atoms with Gasteiger partial charge in [-0.1, -0.05) is 36.9 Å². The molecule has 1 fully saturated rings. The number of halogens is 1. The lowest BCUT2D eigenvalue weighted by Gasteiger charge is -2.23. The van der Waals surface area contributed by atoms with Crippen LogP contribution in [0.25, 0.3) is 0 Å². The van der Waals surface area contributed by atoms with E-state index in [-0.39, 0.29) is 5.91 Å². The molecule has 0 radical (unpaired) electrons. The van der Waals surface area contributed by atoms with Crippen molar-refractivity contribution in [2.24, 2.45) is 0 Å². The SMILES string of the molecule is COc1cc(Cl)ccc1CC(=O)NC1CCCCC1. The highest BCUT2D eigenvalue weighted by molar-refractivity contribution is 6.30. The molecule has 1 saturated carbocycles. The highest BCUT2D eigenvalue weighted by Gasteiger charge is 2.16. The monoisotopic (exact) mass is 281 g/mol. The number of methoxy groups -OCH3 is 1. The Morgan fingerprint density at radius 1 is 1.37 bits per heavy atom. The second-order valence-corrected chi connectivity index (χ2v) is 5.47. The summed E-state index contributed by atoms with van der Waals surface area (Å²) in [5, 5.41) is 3.72. The third-order valence-electron chi connectivity index (χ3n) is 3.57. The van der Waals surface area contributed by atoms with Gasteiger partial charge in [-0.05, 0) is 25.0 Å². The molecule has 1 N–H and O–H groups in total. The number of carbonyl (C=O) groups excluding carboxylic acids is 1. The van der Waals surface area contributed by atoms with Crippen LogP contribution in [0.1, 0.15) is 37.7 Å². The molecule has 1 aromatic rings. The zero-order valence-electron chi connectivity index (χ0n) is 11.2. The molecule has 0 spiro atoms. The quantitative estimate of drug-likeness (QED) is 0.919. The first kappa shape index (κ1) is 14.2. The normalized spacial score (nSPS) is 16.1. The summed E-state index contributed by atoms with van der Waals surface area (Å²) in [7, 11) is 1.59. The van der Waals surface area contributed by atoms with Crippen molar-refractivity contribution in [3.8, 4) is 5.75 Å². The lowest BCUT2D eigenvalue weighted by Crippen LogP contribution is -2.37. The number of carbonyl (C=O) groups is 1. The maximum Gasteiger partial charge on any atom is 0.224 e. The Kier molecular flexibility index (Phi) is 5.08. The molecule has 19 heavy (non-hydrogen) atoms. The van der Waals surface area contributed by atoms with E-state index < -0.39 is 0 Å². The van der Waals surface area contributed by atoms with Crippen molar-refractivity contribution in [3.63, 3.8) is 0 Å². The summed E-state index contributed by atoms with van der Waals surface area (Å²) < 4.78 is 5.25. The van der Waals surface area contributed by atoms with E-state index in [1.807, 2.05) is 6.07 Å². The van der Waals surface area contributed by atoms with Crippen molar-refractivity contribution >= 4 is 17.5 Å². The Morgan fingerprint density at radius 3 is 2.79 bits per heavy atom. The maximum atomic E-state index is 12.0. The molecule has 1 aliphatic rings. The summed E-state index contributed by atoms with van der Waals surface area (Å²) in [6, 6.07) is 5.72. The fraction of sp³-hybridized carbons (Fsp3) is 0.533. The molecule has 0 aromatic heterocycles. The first-order valence-electron chi connectivity index (χ1n) is 6.81. The smallest absolute Gasteiger partial charge is 0.224 e. The molecule has 2 rings (SSSR count). The van der Waals surface area contributed by atoms with Crippen LogP contribution in [0.4, 0.5) is 0 Å². The van der Waals surface area contributed by atoms with Crippen LogP contribution < -0.4 is 10.1 Å². The minimum Gasteiger partial charge on any atom is -0.496 e. The molecule has 3 nitrogen and oxygen atoms in total. The van der Waals surface area contributed by atoms with Crippen LogP contribution in [-0.2, 0) is 11.2 Å². The van der Waals surface area contributed by atoms with Gasteiger partial charge in [-0.25, -0.2) is 0 Å². The molecule has 1 aromatic carbocycles. The summed E-state index contributed by atoms with van der Waals surface area (Å²) in [5.74, 6) is 0.735. The van der Waals surface area contributed by atoms with Crippen LogP contribution in [0.5, 0.6) is 5.75 Å². The minimum absolute atomic E-state index is 0.0625. The standard InChI is InChI=1S/C15H20ClNO2/c1-19-14-10-12(16)8-7-11(14)9-15(18)17-13-5-3-2-4-6-13/h7-8,10,13H,2-6,9H2,1H3,(H,17,18). The maximum absolute atomic E-state index is 12.0. The Hall–Kier alpha value is -1.22. The second kappa shape index (κ2) is 6.80. The molecular formula is C15H20ClNO2. The molecule has 0 atom stereocenters. The van der Waals surface area contributed by atoms with E-state index in [9.17, 15) is 4.79 Å². The Bertz CT molecular complexity index is 442. The van der Waals surface area contributed by atoms with Crippen LogP contribution in [-0.4, -0.2) is 19.1 Å². The lowest BCUT2D eigenvalue weighted by molar-refractivity contribution is -0.121. The van der Waals surface area contributed by atoms with Crippen LogP contribution in [0, 0.1) is 0 Å². The number of hydrogen-bond donors (Lipinski definition) is 1. The molecule has 0 unspecified atom stereocenters. The van der Waals surface area contributed by atoms with Gasteiger partial charge in [0.2, 0.25) is 5.91 Å². The van der Waals surface area contributed by atoms with E-state index in [4.69, 9.17) is 16.3 Å². The van der Waals surface area contributed by atoms with Gasteiger partial charge < -0.3 is 10.1 Å². The van der Waals surface area contributed by atoms with Crippen molar-refractivity contribution in [3.05, 3.63) is 28.8 Å². The summed E-state index contributed by atoms with van der Waals surface area (Å²) in [6.07, 6.45) is 6.27. The van der Waals surface area contributed by atoms with Crippen molar-refractivity contribution in [1.82, 2.24) is 5.32 Å². The van der Waals surface area contributed by atoms with Gasteiger partial charge in [0.05, 0.1) is 13.5 Å². The average molecular weight is 282 g/mol. The molecule has 1 amide bonds. The average Bonchev–Trinajstić information content (AvgIpc) is 2.42. The third kappa shape index (κ3) is 4.13.